The Labute approximate surface area is 99.6 Å². The van der Waals surface area contributed by atoms with Gasteiger partial charge < -0.3 is 20.1 Å². The van der Waals surface area contributed by atoms with Gasteiger partial charge in [-0.25, -0.2) is 4.79 Å². The lowest BCUT2D eigenvalue weighted by atomic mass is 10.2. The quantitative estimate of drug-likeness (QED) is 0.389. The molecule has 1 fully saturated rings. The Morgan fingerprint density at radius 1 is 1.29 bits per heavy atom. The van der Waals surface area contributed by atoms with Gasteiger partial charge in [-0.3, -0.25) is 0 Å². The van der Waals surface area contributed by atoms with E-state index in [-0.39, 0.29) is 18.1 Å². The molecule has 8 nitrogen and oxygen atoms in total. The average Bonchev–Trinajstić information content (AvgIpc) is 2.26. The van der Waals surface area contributed by atoms with Crippen molar-refractivity contribution in [2.24, 2.45) is 5.28 Å². The zero-order valence-electron chi connectivity index (χ0n) is 10.3. The van der Waals surface area contributed by atoms with Gasteiger partial charge in [0.2, 0.25) is 0 Å². The largest absolute Gasteiger partial charge is 0.737 e. The van der Waals surface area contributed by atoms with E-state index in [0.29, 0.717) is 13.1 Å². The van der Waals surface area contributed by atoms with E-state index in [0.717, 1.165) is 0 Å². The van der Waals surface area contributed by atoms with Crippen LogP contribution in [0.5, 0.6) is 0 Å². The molecule has 1 saturated heterocycles. The number of ether oxygens (including phenoxy) is 1. The molecule has 98 valence electrons. The molecule has 0 spiro atoms. The van der Waals surface area contributed by atoms with Crippen molar-refractivity contribution in [1.82, 2.24) is 9.91 Å². The van der Waals surface area contributed by atoms with Gasteiger partial charge >= 0.3 is 6.09 Å². The summed E-state index contributed by atoms with van der Waals surface area (Å²) in [5.41, 5.74) is -0.539. The van der Waals surface area contributed by atoms with E-state index in [1.165, 1.54) is 9.91 Å². The molecular weight excluding hydrogens is 228 g/mol. The third kappa shape index (κ3) is 3.97. The normalized spacial score (nSPS) is 18.2. The fraction of sp³-hybridized carbons (Fsp3) is 0.889. The van der Waals surface area contributed by atoms with Crippen LogP contribution in [0.25, 0.3) is 0 Å². The summed E-state index contributed by atoms with van der Waals surface area (Å²) in [6.07, 6.45) is -0.409. The Balaban J connectivity index is 2.44. The second kappa shape index (κ2) is 5.07. The number of hydrogen-bond acceptors (Lipinski definition) is 5. The highest BCUT2D eigenvalue weighted by atomic mass is 16.6. The molecule has 0 radical (unpaired) electrons. The van der Waals surface area contributed by atoms with Crippen LogP contribution < -0.4 is 0 Å². The predicted octanol–water partition coefficient (Wildman–Crippen LogP) is 0.914. The van der Waals surface area contributed by atoms with E-state index in [4.69, 9.17) is 4.74 Å². The zero-order chi connectivity index (χ0) is 13.1. The maximum Gasteiger partial charge on any atom is 0.410 e. The minimum atomic E-state index is -0.539. The number of carbonyl (C=O) groups is 1. The molecule has 0 aromatic heterocycles. The first-order chi connectivity index (χ1) is 7.83. The lowest BCUT2D eigenvalue weighted by Crippen LogP contribution is -2.51. The maximum absolute atomic E-state index is 11.7. The number of rotatable bonds is 1. The first kappa shape index (κ1) is 13.3. The lowest BCUT2D eigenvalue weighted by Gasteiger charge is -2.33. The van der Waals surface area contributed by atoms with Gasteiger partial charge in [-0.1, -0.05) is 0 Å². The van der Waals surface area contributed by atoms with Crippen molar-refractivity contribution >= 4 is 6.09 Å². The Hall–Kier alpha value is -1.73. The van der Waals surface area contributed by atoms with Crippen LogP contribution in [0.15, 0.2) is 5.28 Å². The zero-order valence-corrected chi connectivity index (χ0v) is 10.3. The monoisotopic (exact) mass is 245 g/mol. The first-order valence-electron chi connectivity index (χ1n) is 5.37. The summed E-state index contributed by atoms with van der Waals surface area (Å²) in [5, 5.41) is 24.4. The summed E-state index contributed by atoms with van der Waals surface area (Å²) >= 11 is 0. The molecule has 0 aromatic rings. The summed E-state index contributed by atoms with van der Waals surface area (Å²) in [6.45, 7) is 6.58. The van der Waals surface area contributed by atoms with Crippen molar-refractivity contribution in [3.05, 3.63) is 10.4 Å². The Kier molecular flexibility index (Phi) is 3.97. The Morgan fingerprint density at radius 3 is 2.24 bits per heavy atom. The van der Waals surface area contributed by atoms with E-state index >= 15 is 0 Å². The minimum absolute atomic E-state index is 0.00638. The molecule has 1 heterocycles. The number of hydrazine groups is 1. The molecule has 0 aliphatic carbocycles. The van der Waals surface area contributed by atoms with Crippen molar-refractivity contribution in [3.63, 3.8) is 0 Å². The summed E-state index contributed by atoms with van der Waals surface area (Å²) in [6, 6.07) is 0. The minimum Gasteiger partial charge on any atom is -0.737 e. The molecule has 0 bridgehead atoms. The van der Waals surface area contributed by atoms with Crippen LogP contribution in [-0.2, 0) is 4.74 Å². The van der Waals surface area contributed by atoms with Crippen LogP contribution in [0, 0.1) is 10.4 Å². The van der Waals surface area contributed by atoms with Crippen LogP contribution in [-0.4, -0.2) is 52.8 Å². The molecule has 1 aliphatic heterocycles. The molecule has 17 heavy (non-hydrogen) atoms. The molecule has 1 aliphatic rings. The molecule has 0 unspecified atom stereocenters. The van der Waals surface area contributed by atoms with Crippen LogP contribution in [0.4, 0.5) is 4.79 Å². The second-order valence-electron chi connectivity index (χ2n) is 4.76. The molecular formula is C9H17N4O4-. The maximum atomic E-state index is 11.7. The average molecular weight is 245 g/mol. The van der Waals surface area contributed by atoms with Crippen LogP contribution in [0.1, 0.15) is 20.8 Å². The highest BCUT2D eigenvalue weighted by Crippen LogP contribution is 2.11. The highest BCUT2D eigenvalue weighted by Gasteiger charge is 2.28. The fourth-order valence-corrected chi connectivity index (χ4v) is 1.43. The van der Waals surface area contributed by atoms with Crippen molar-refractivity contribution in [3.8, 4) is 0 Å². The van der Waals surface area contributed by atoms with Gasteiger partial charge in [-0.05, 0) is 26.0 Å². The summed E-state index contributed by atoms with van der Waals surface area (Å²) in [7, 11) is 0. The first-order valence-corrected chi connectivity index (χ1v) is 5.37. The lowest BCUT2D eigenvalue weighted by molar-refractivity contribution is -0.692. The molecule has 0 saturated carbocycles. The van der Waals surface area contributed by atoms with Crippen molar-refractivity contribution in [1.29, 1.82) is 0 Å². The number of nitrogens with zero attached hydrogens (tertiary/aromatic N) is 4. The highest BCUT2D eigenvalue weighted by molar-refractivity contribution is 5.68. The van der Waals surface area contributed by atoms with Crippen LogP contribution >= 0.6 is 0 Å². The molecule has 0 N–H and O–H groups in total. The molecule has 0 atom stereocenters. The number of hydrogen-bond donors (Lipinski definition) is 0. The number of carbonyl (C=O) groups excluding carboxylic acids is 1. The van der Waals surface area contributed by atoms with Gasteiger partial charge in [-0.2, -0.15) is 0 Å². The van der Waals surface area contributed by atoms with Gasteiger partial charge in [0, 0.05) is 18.1 Å². The summed E-state index contributed by atoms with van der Waals surface area (Å²) in [4.78, 5) is 13.2. The SMILES string of the molecule is CC(C)(C)OC(=O)N1CCN(/[N+]([O-])=N/[O-])CC1. The van der Waals surface area contributed by atoms with E-state index < -0.39 is 11.7 Å². The van der Waals surface area contributed by atoms with Crippen molar-refractivity contribution < 1.29 is 14.5 Å². The van der Waals surface area contributed by atoms with E-state index in [9.17, 15) is 15.2 Å². The van der Waals surface area contributed by atoms with Crippen LogP contribution in [0.3, 0.4) is 0 Å². The van der Waals surface area contributed by atoms with Crippen molar-refractivity contribution in [2.75, 3.05) is 26.2 Å². The van der Waals surface area contributed by atoms with Gasteiger partial charge in [0.05, 0.1) is 13.1 Å². The molecule has 1 amide bonds. The van der Waals surface area contributed by atoms with E-state index in [1.54, 1.807) is 20.8 Å². The second-order valence-corrected chi connectivity index (χ2v) is 4.76. The molecule has 0 aromatic carbocycles. The third-order valence-electron chi connectivity index (χ3n) is 2.22. The fourth-order valence-electron chi connectivity index (χ4n) is 1.43. The van der Waals surface area contributed by atoms with Crippen LogP contribution in [0.2, 0.25) is 0 Å². The van der Waals surface area contributed by atoms with Gasteiger partial charge in [0.1, 0.15) is 5.60 Å². The number of amides is 1. The van der Waals surface area contributed by atoms with Gasteiger partial charge in [-0.15, -0.1) is 5.01 Å². The predicted molar refractivity (Wildman–Crippen MR) is 58.8 cm³/mol. The van der Waals surface area contributed by atoms with E-state index in [2.05, 4.69) is 5.28 Å². The Morgan fingerprint density at radius 2 is 1.82 bits per heavy atom. The standard InChI is InChI=1S/C9H18N4O4/c1-9(2,3)17-8(14)11-4-6-12(7-5-11)13(16)10-15/h15H,4-7H2,1-3H3/p-1/b13-10-. The summed E-state index contributed by atoms with van der Waals surface area (Å²) in [5.74, 6) is 0. The smallest absolute Gasteiger partial charge is 0.410 e. The van der Waals surface area contributed by atoms with Gasteiger partial charge in [0.25, 0.3) is 0 Å². The topological polar surface area (TPSA) is 94.3 Å². The molecule has 8 heteroatoms. The van der Waals surface area contributed by atoms with E-state index in [1.807, 2.05) is 0 Å². The summed E-state index contributed by atoms with van der Waals surface area (Å²) < 4.78 is 5.19. The Bertz CT molecular complexity index is 305. The number of piperazine rings is 1. The molecule has 1 rings (SSSR count). The van der Waals surface area contributed by atoms with Crippen molar-refractivity contribution in [2.45, 2.75) is 26.4 Å². The third-order valence-corrected chi connectivity index (χ3v) is 2.22. The van der Waals surface area contributed by atoms with Gasteiger partial charge in [0.15, 0.2) is 0 Å².